The van der Waals surface area contributed by atoms with Crippen molar-refractivity contribution in [3.8, 4) is 17.1 Å². The molecule has 0 atom stereocenters. The number of carbonyl (C=O) groups excluding carboxylic acids is 2. The van der Waals surface area contributed by atoms with Crippen molar-refractivity contribution in [1.82, 2.24) is 15.2 Å². The lowest BCUT2D eigenvalue weighted by Crippen LogP contribution is -2.63. The van der Waals surface area contributed by atoms with Gasteiger partial charge in [-0.15, -0.1) is 0 Å². The minimum atomic E-state index is -5.08. The van der Waals surface area contributed by atoms with Crippen LogP contribution in [0.1, 0.15) is 24.2 Å². The van der Waals surface area contributed by atoms with Crippen LogP contribution in [0.25, 0.3) is 11.3 Å². The van der Waals surface area contributed by atoms with Gasteiger partial charge in [0.15, 0.2) is 12.2 Å². The number of aromatic nitrogens is 1. The Morgan fingerprint density at radius 1 is 0.955 bits per heavy atom. The molecule has 1 aromatic heterocycles. The molecule has 2 aromatic carbocycles. The summed E-state index contributed by atoms with van der Waals surface area (Å²) in [6.07, 6.45) is -2.21. The summed E-state index contributed by atoms with van der Waals surface area (Å²) < 4.78 is 42.4. The molecule has 0 unspecified atom stereocenters. The molecule has 1 aliphatic heterocycles. The molecule has 1 fully saturated rings. The van der Waals surface area contributed by atoms with Crippen LogP contribution in [0.4, 0.5) is 24.5 Å². The summed E-state index contributed by atoms with van der Waals surface area (Å²) in [4.78, 5) is 53.5. The van der Waals surface area contributed by atoms with E-state index in [4.69, 9.17) is 24.2 Å². The Labute approximate surface area is 249 Å². The number of halogens is 3. The second-order valence-corrected chi connectivity index (χ2v) is 9.88. The van der Waals surface area contributed by atoms with Crippen LogP contribution in [0.15, 0.2) is 59.5 Å². The van der Waals surface area contributed by atoms with Gasteiger partial charge in [-0.1, -0.05) is 0 Å². The summed E-state index contributed by atoms with van der Waals surface area (Å²) in [6.45, 7) is 6.38. The van der Waals surface area contributed by atoms with Gasteiger partial charge in [0.05, 0.1) is 30.1 Å². The number of hydrogen-bond donors (Lipinski definition) is 4. The lowest BCUT2D eigenvalue weighted by molar-refractivity contribution is -0.192. The number of oxazole rings is 1. The van der Waals surface area contributed by atoms with Crippen molar-refractivity contribution in [2.45, 2.75) is 25.7 Å². The minimum absolute atomic E-state index is 0.244. The normalized spacial score (nSPS) is 13.7. The maximum absolute atomic E-state index is 12.7. The topological polar surface area (TPSA) is 175 Å². The van der Waals surface area contributed by atoms with Crippen LogP contribution >= 0.6 is 0 Å². The Hall–Kier alpha value is -5.12. The quantitative estimate of drug-likeness (QED) is 0.285. The molecule has 4 N–H and O–H groups in total. The molecule has 13 nitrogen and oxygen atoms in total. The average molecular weight is 622 g/mol. The number of amides is 2. The third-order valence-corrected chi connectivity index (χ3v) is 6.57. The fourth-order valence-electron chi connectivity index (χ4n) is 4.26. The van der Waals surface area contributed by atoms with Gasteiger partial charge in [0, 0.05) is 43.6 Å². The number of anilines is 2. The largest absolute Gasteiger partial charge is 0.496 e. The van der Waals surface area contributed by atoms with Crippen molar-refractivity contribution in [2.75, 3.05) is 43.5 Å². The van der Waals surface area contributed by atoms with E-state index in [1.807, 2.05) is 13.8 Å². The molecule has 0 saturated carbocycles. The molecule has 236 valence electrons. The maximum Gasteiger partial charge on any atom is 0.490 e. The lowest BCUT2D eigenvalue weighted by atomic mass is 10.1. The molecule has 0 spiro atoms. The number of hydrogen-bond acceptors (Lipinski definition) is 9. The molecule has 2 amide bonds. The number of methoxy groups -OCH3 is 1. The molecule has 16 heteroatoms. The number of carboxylic acids is 2. The highest BCUT2D eigenvalue weighted by molar-refractivity contribution is 6.39. The van der Waals surface area contributed by atoms with E-state index in [1.165, 1.54) is 13.5 Å². The number of carbonyl (C=O) groups is 4. The molecular weight excluding hydrogens is 591 g/mol. The van der Waals surface area contributed by atoms with E-state index >= 15 is 0 Å². The van der Waals surface area contributed by atoms with Crippen LogP contribution in [0.5, 0.6) is 5.75 Å². The van der Waals surface area contributed by atoms with Crippen molar-refractivity contribution in [3.63, 3.8) is 0 Å². The summed E-state index contributed by atoms with van der Waals surface area (Å²) in [5.41, 5.74) is 1.49. The third-order valence-electron chi connectivity index (χ3n) is 6.57. The highest BCUT2D eigenvalue weighted by Crippen LogP contribution is 2.32. The summed E-state index contributed by atoms with van der Waals surface area (Å²) in [5, 5.41) is 21.6. The van der Waals surface area contributed by atoms with E-state index in [-0.39, 0.29) is 5.56 Å². The fraction of sp³-hybridized carbons (Fsp3) is 0.321. The van der Waals surface area contributed by atoms with Gasteiger partial charge in [-0.25, -0.2) is 14.6 Å². The molecule has 0 bridgehead atoms. The van der Waals surface area contributed by atoms with Gasteiger partial charge >= 0.3 is 29.9 Å². The van der Waals surface area contributed by atoms with Crippen LogP contribution < -0.4 is 20.3 Å². The number of alkyl halides is 3. The van der Waals surface area contributed by atoms with E-state index in [0.717, 1.165) is 5.69 Å². The second kappa shape index (κ2) is 13.9. The number of aliphatic carboxylic acids is 1. The van der Waals surface area contributed by atoms with Crippen molar-refractivity contribution in [1.29, 1.82) is 0 Å². The van der Waals surface area contributed by atoms with Gasteiger partial charge < -0.3 is 34.9 Å². The van der Waals surface area contributed by atoms with Gasteiger partial charge in [0.25, 0.3) is 0 Å². The number of carboxylic acid groups (broad SMARTS) is 2. The number of nitrogens with zero attached hydrogens (tertiary/aromatic N) is 3. The van der Waals surface area contributed by atoms with Crippen LogP contribution in [-0.4, -0.2) is 89.0 Å². The van der Waals surface area contributed by atoms with Gasteiger partial charge in [-0.3, -0.25) is 14.5 Å². The van der Waals surface area contributed by atoms with Crippen molar-refractivity contribution >= 4 is 35.1 Å². The zero-order valence-electron chi connectivity index (χ0n) is 23.8. The van der Waals surface area contributed by atoms with Crippen molar-refractivity contribution in [2.24, 2.45) is 0 Å². The Kier molecular flexibility index (Phi) is 10.5. The van der Waals surface area contributed by atoms with Gasteiger partial charge in [0.2, 0.25) is 0 Å². The summed E-state index contributed by atoms with van der Waals surface area (Å²) in [6, 6.07) is 11.7. The van der Waals surface area contributed by atoms with E-state index in [2.05, 4.69) is 25.4 Å². The molecule has 3 aromatic rings. The number of benzene rings is 2. The molecule has 1 saturated heterocycles. The van der Waals surface area contributed by atoms with Crippen LogP contribution in [-0.2, 0) is 14.4 Å². The Morgan fingerprint density at radius 3 is 2.07 bits per heavy atom. The van der Waals surface area contributed by atoms with Gasteiger partial charge in [-0.05, 0) is 50.2 Å². The number of aromatic carboxylic acids is 1. The van der Waals surface area contributed by atoms with Crippen molar-refractivity contribution in [3.05, 3.63) is 60.6 Å². The summed E-state index contributed by atoms with van der Waals surface area (Å²) in [5.74, 6) is -4.28. The smallest absolute Gasteiger partial charge is 0.490 e. The SMILES string of the molecule is COc1cc(NC(=O)C(=O)NC(C)(C)N2CCN(c3ccc(C(=O)O)cc3)CC2)ccc1-c1cnco1.O=C(O)C(F)(F)F. The van der Waals surface area contributed by atoms with Gasteiger partial charge in [0.1, 0.15) is 5.75 Å². The van der Waals surface area contributed by atoms with E-state index < -0.39 is 35.6 Å². The zero-order valence-corrected chi connectivity index (χ0v) is 23.8. The highest BCUT2D eigenvalue weighted by Gasteiger charge is 2.38. The average Bonchev–Trinajstić information content (AvgIpc) is 3.52. The molecule has 2 heterocycles. The van der Waals surface area contributed by atoms with Crippen LogP contribution in [0.3, 0.4) is 0 Å². The minimum Gasteiger partial charge on any atom is -0.496 e. The number of nitrogens with one attached hydrogen (secondary N) is 2. The predicted octanol–water partition coefficient (Wildman–Crippen LogP) is 3.29. The molecular formula is C28H30F3N5O8. The number of ether oxygens (including phenoxy) is 1. The first-order valence-electron chi connectivity index (χ1n) is 13.0. The summed E-state index contributed by atoms with van der Waals surface area (Å²) >= 11 is 0. The van der Waals surface area contributed by atoms with Crippen LogP contribution in [0.2, 0.25) is 0 Å². The molecule has 44 heavy (non-hydrogen) atoms. The molecule has 1 aliphatic rings. The Morgan fingerprint density at radius 2 is 1.57 bits per heavy atom. The number of rotatable bonds is 7. The zero-order chi connectivity index (χ0) is 32.7. The van der Waals surface area contributed by atoms with Crippen molar-refractivity contribution < 1.29 is 51.7 Å². The third kappa shape index (κ3) is 8.70. The summed E-state index contributed by atoms with van der Waals surface area (Å²) in [7, 11) is 1.50. The Bertz CT molecular complexity index is 1470. The molecule has 0 radical (unpaired) electrons. The standard InChI is InChI=1S/C26H29N5O6.C2HF3O2/c1-26(2,31-12-10-30(11-13-31)19-7-4-17(5-8-19)25(34)35)29-24(33)23(32)28-18-6-9-20(21(14-18)36-3)22-15-27-16-37-22;3-2(4,5)1(6)7/h4-9,14-16H,10-13H2,1-3H3,(H,28,32)(H,29,33)(H,34,35);(H,6,7). The predicted molar refractivity (Wildman–Crippen MR) is 150 cm³/mol. The Balaban J connectivity index is 0.000000676. The maximum atomic E-state index is 12.7. The van der Waals surface area contributed by atoms with Crippen LogP contribution in [0, 0.1) is 0 Å². The monoisotopic (exact) mass is 621 g/mol. The van der Waals surface area contributed by atoms with E-state index in [0.29, 0.717) is 48.9 Å². The van der Waals surface area contributed by atoms with Gasteiger partial charge in [-0.2, -0.15) is 13.2 Å². The van der Waals surface area contributed by atoms with E-state index in [1.54, 1.807) is 48.7 Å². The highest BCUT2D eigenvalue weighted by atomic mass is 19.4. The molecule has 0 aliphatic carbocycles. The number of piperazine rings is 1. The second-order valence-electron chi connectivity index (χ2n) is 9.88. The first-order chi connectivity index (χ1) is 20.6. The first-order valence-corrected chi connectivity index (χ1v) is 13.0. The first kappa shape index (κ1) is 33.4. The fourth-order valence-corrected chi connectivity index (χ4v) is 4.26. The van der Waals surface area contributed by atoms with E-state index in [9.17, 15) is 27.6 Å². The molecule has 4 rings (SSSR count). The lowest BCUT2D eigenvalue weighted by Gasteiger charge is -2.44.